The average molecular weight is 311 g/mol. The van der Waals surface area contributed by atoms with E-state index in [-0.39, 0.29) is 17.8 Å². The first-order valence-electron chi connectivity index (χ1n) is 6.12. The minimum atomic E-state index is -1.71. The van der Waals surface area contributed by atoms with Gasteiger partial charge in [0.2, 0.25) is 0 Å². The van der Waals surface area contributed by atoms with Gasteiger partial charge in [0.1, 0.15) is 23.9 Å². The summed E-state index contributed by atoms with van der Waals surface area (Å²) in [6, 6.07) is 8.57. The molecular formula is C14H13BClFO4. The summed E-state index contributed by atoms with van der Waals surface area (Å²) in [6.45, 7) is 0.00262. The smallest absolute Gasteiger partial charge is 0.492 e. The molecule has 0 fully saturated rings. The van der Waals surface area contributed by atoms with Crippen LogP contribution < -0.4 is 14.9 Å². The molecule has 4 nitrogen and oxygen atoms in total. The van der Waals surface area contributed by atoms with Gasteiger partial charge in [-0.1, -0.05) is 11.6 Å². The molecule has 2 rings (SSSR count). The minimum absolute atomic E-state index is 0.00262. The average Bonchev–Trinajstić information content (AvgIpc) is 2.48. The van der Waals surface area contributed by atoms with Crippen molar-refractivity contribution in [3.8, 4) is 11.5 Å². The first-order valence-corrected chi connectivity index (χ1v) is 6.50. The monoisotopic (exact) mass is 310 g/mol. The maximum atomic E-state index is 13.2. The van der Waals surface area contributed by atoms with Gasteiger partial charge in [0, 0.05) is 16.0 Å². The van der Waals surface area contributed by atoms with E-state index in [9.17, 15) is 14.4 Å². The van der Waals surface area contributed by atoms with E-state index in [0.717, 1.165) is 0 Å². The van der Waals surface area contributed by atoms with E-state index in [2.05, 4.69) is 0 Å². The Morgan fingerprint density at radius 1 is 1.19 bits per heavy atom. The van der Waals surface area contributed by atoms with E-state index < -0.39 is 12.9 Å². The molecule has 0 saturated carbocycles. The standard InChI is InChI=1S/C14H13BClFO4/c1-20-11-3-5-14(12(7-11)15(18)19)21-8-9-6-10(17)2-4-13(9)16/h2-7,18-19H,8H2,1H3. The molecule has 0 radical (unpaired) electrons. The largest absolute Gasteiger partial charge is 0.497 e. The molecule has 2 N–H and O–H groups in total. The minimum Gasteiger partial charge on any atom is -0.497 e. The van der Waals surface area contributed by atoms with Crippen molar-refractivity contribution >= 4 is 24.2 Å². The van der Waals surface area contributed by atoms with Crippen molar-refractivity contribution in [2.75, 3.05) is 7.11 Å². The number of rotatable bonds is 5. The summed E-state index contributed by atoms with van der Waals surface area (Å²) in [5.74, 6) is 0.301. The van der Waals surface area contributed by atoms with Gasteiger partial charge in [-0.05, 0) is 36.4 Å². The van der Waals surface area contributed by atoms with Crippen LogP contribution in [0.3, 0.4) is 0 Å². The van der Waals surface area contributed by atoms with E-state index >= 15 is 0 Å². The summed E-state index contributed by atoms with van der Waals surface area (Å²) in [6.07, 6.45) is 0. The van der Waals surface area contributed by atoms with Crippen molar-refractivity contribution in [1.29, 1.82) is 0 Å². The zero-order valence-electron chi connectivity index (χ0n) is 11.2. The quantitative estimate of drug-likeness (QED) is 0.826. The van der Waals surface area contributed by atoms with Crippen molar-refractivity contribution in [2.45, 2.75) is 6.61 Å². The highest BCUT2D eigenvalue weighted by Crippen LogP contribution is 2.21. The van der Waals surface area contributed by atoms with Gasteiger partial charge < -0.3 is 19.5 Å². The lowest BCUT2D eigenvalue weighted by molar-refractivity contribution is 0.305. The van der Waals surface area contributed by atoms with Crippen molar-refractivity contribution in [1.82, 2.24) is 0 Å². The van der Waals surface area contributed by atoms with Crippen LogP contribution in [-0.2, 0) is 6.61 Å². The Morgan fingerprint density at radius 3 is 2.62 bits per heavy atom. The molecule has 0 bridgehead atoms. The van der Waals surface area contributed by atoms with Crippen LogP contribution in [0.25, 0.3) is 0 Å². The van der Waals surface area contributed by atoms with Gasteiger partial charge in [0.25, 0.3) is 0 Å². The lowest BCUT2D eigenvalue weighted by Crippen LogP contribution is -2.31. The highest BCUT2D eigenvalue weighted by Gasteiger charge is 2.18. The first kappa shape index (κ1) is 15.6. The zero-order chi connectivity index (χ0) is 15.4. The second-order valence-electron chi connectivity index (χ2n) is 4.30. The van der Waals surface area contributed by atoms with E-state index in [1.54, 1.807) is 12.1 Å². The van der Waals surface area contributed by atoms with Crippen LogP contribution >= 0.6 is 11.6 Å². The Balaban J connectivity index is 2.21. The summed E-state index contributed by atoms with van der Waals surface area (Å²) in [4.78, 5) is 0. The maximum absolute atomic E-state index is 13.2. The van der Waals surface area contributed by atoms with E-state index in [0.29, 0.717) is 16.3 Å². The summed E-state index contributed by atoms with van der Waals surface area (Å²) in [7, 11) is -0.242. The van der Waals surface area contributed by atoms with Crippen molar-refractivity contribution in [2.24, 2.45) is 0 Å². The molecule has 0 heterocycles. The van der Waals surface area contributed by atoms with Gasteiger partial charge in [-0.25, -0.2) is 4.39 Å². The fourth-order valence-corrected chi connectivity index (χ4v) is 1.97. The SMILES string of the molecule is COc1ccc(OCc2cc(F)ccc2Cl)c(B(O)O)c1. The summed E-state index contributed by atoms with van der Waals surface area (Å²) in [5, 5.41) is 19.1. The fraction of sp³-hybridized carbons (Fsp3) is 0.143. The van der Waals surface area contributed by atoms with Gasteiger partial charge in [-0.15, -0.1) is 0 Å². The number of methoxy groups -OCH3 is 1. The Kier molecular flexibility index (Phi) is 5.06. The molecule has 0 atom stereocenters. The zero-order valence-corrected chi connectivity index (χ0v) is 12.0. The Labute approximate surface area is 126 Å². The third-order valence-electron chi connectivity index (χ3n) is 2.89. The molecule has 0 aliphatic rings. The Hall–Kier alpha value is -1.76. The summed E-state index contributed by atoms with van der Waals surface area (Å²) >= 11 is 5.95. The van der Waals surface area contributed by atoms with Crippen LogP contribution in [0.15, 0.2) is 36.4 Å². The third-order valence-corrected chi connectivity index (χ3v) is 3.25. The van der Waals surface area contributed by atoms with Crippen molar-refractivity contribution < 1.29 is 23.9 Å². The number of halogens is 2. The molecule has 0 saturated heterocycles. The second kappa shape index (κ2) is 6.80. The van der Waals surface area contributed by atoms with Gasteiger partial charge in [0.05, 0.1) is 7.11 Å². The molecule has 0 spiro atoms. The highest BCUT2D eigenvalue weighted by molar-refractivity contribution is 6.59. The van der Waals surface area contributed by atoms with Crippen molar-refractivity contribution in [3.05, 3.63) is 52.8 Å². The van der Waals surface area contributed by atoms with Crippen LogP contribution in [0.4, 0.5) is 4.39 Å². The van der Waals surface area contributed by atoms with Gasteiger partial charge in [-0.2, -0.15) is 0 Å². The van der Waals surface area contributed by atoms with Crippen LogP contribution in [-0.4, -0.2) is 24.3 Å². The number of ether oxygens (including phenoxy) is 2. The predicted molar refractivity (Wildman–Crippen MR) is 78.6 cm³/mol. The lowest BCUT2D eigenvalue weighted by atomic mass is 9.79. The number of hydrogen-bond acceptors (Lipinski definition) is 4. The summed E-state index contributed by atoms with van der Waals surface area (Å²) in [5.41, 5.74) is 0.618. The highest BCUT2D eigenvalue weighted by atomic mass is 35.5. The molecule has 0 aliphatic carbocycles. The molecule has 7 heteroatoms. The normalized spacial score (nSPS) is 10.3. The van der Waals surface area contributed by atoms with Crippen molar-refractivity contribution in [3.63, 3.8) is 0 Å². The number of hydrogen-bond donors (Lipinski definition) is 2. The molecule has 110 valence electrons. The number of benzene rings is 2. The molecule has 2 aromatic carbocycles. The third kappa shape index (κ3) is 3.88. The van der Waals surface area contributed by atoms with Crippen LogP contribution in [0.2, 0.25) is 5.02 Å². The first-order chi connectivity index (χ1) is 10.0. The molecule has 21 heavy (non-hydrogen) atoms. The fourth-order valence-electron chi connectivity index (χ4n) is 1.80. The molecule has 0 aromatic heterocycles. The molecule has 0 unspecified atom stereocenters. The van der Waals surface area contributed by atoms with Crippen LogP contribution in [0.1, 0.15) is 5.56 Å². The van der Waals surface area contributed by atoms with Crippen LogP contribution in [0.5, 0.6) is 11.5 Å². The van der Waals surface area contributed by atoms with E-state index in [1.165, 1.54) is 31.4 Å². The molecular weight excluding hydrogens is 297 g/mol. The molecule has 0 aliphatic heterocycles. The maximum Gasteiger partial charge on any atom is 0.492 e. The van der Waals surface area contributed by atoms with Gasteiger partial charge in [-0.3, -0.25) is 0 Å². The summed E-state index contributed by atoms with van der Waals surface area (Å²) < 4.78 is 23.7. The van der Waals surface area contributed by atoms with Gasteiger partial charge in [0.15, 0.2) is 0 Å². The predicted octanol–water partition coefficient (Wildman–Crippen LogP) is 1.75. The van der Waals surface area contributed by atoms with Crippen LogP contribution in [0, 0.1) is 5.82 Å². The van der Waals surface area contributed by atoms with E-state index in [1.807, 2.05) is 0 Å². The molecule has 0 amide bonds. The molecule has 2 aromatic rings. The second-order valence-corrected chi connectivity index (χ2v) is 4.71. The lowest BCUT2D eigenvalue weighted by Gasteiger charge is -2.13. The van der Waals surface area contributed by atoms with Gasteiger partial charge >= 0.3 is 7.12 Å². The van der Waals surface area contributed by atoms with E-state index in [4.69, 9.17) is 21.1 Å². The topological polar surface area (TPSA) is 58.9 Å². The Morgan fingerprint density at radius 2 is 1.95 bits per heavy atom. The Bertz CT molecular complexity index is 636.